The molecule has 0 bridgehead atoms. The highest BCUT2D eigenvalue weighted by Gasteiger charge is 2.42. The molecule has 12 heterocycles. The van der Waals surface area contributed by atoms with Gasteiger partial charge in [0.1, 0.15) is 59.7 Å². The topological polar surface area (TPSA) is 408 Å². The quantitative estimate of drug-likeness (QED) is 0.0397. The number of hydrogen-bond acceptors (Lipinski definition) is 28. The van der Waals surface area contributed by atoms with Crippen LogP contribution >= 0.6 is 0 Å². The zero-order valence-corrected chi connectivity index (χ0v) is 65.6. The van der Waals surface area contributed by atoms with E-state index >= 15 is 0 Å². The molecule has 3 amide bonds. The summed E-state index contributed by atoms with van der Waals surface area (Å²) < 4.78 is 40.8. The summed E-state index contributed by atoms with van der Waals surface area (Å²) in [6, 6.07) is 24.5. The zero-order chi connectivity index (χ0) is 80.6. The highest BCUT2D eigenvalue weighted by atomic mass is 16.5. The minimum atomic E-state index is -0.508. The highest BCUT2D eigenvalue weighted by molar-refractivity contribution is 5.84. The lowest BCUT2D eigenvalue weighted by Gasteiger charge is -2.37. The summed E-state index contributed by atoms with van der Waals surface area (Å²) in [5.74, 6) is 3.42. The molecule has 606 valence electrons. The number of nitriles is 3. The first-order valence-corrected chi connectivity index (χ1v) is 38.5. The van der Waals surface area contributed by atoms with Crippen molar-refractivity contribution in [2.45, 2.75) is 140 Å². The maximum atomic E-state index is 13.3. The first-order valence-electron chi connectivity index (χ1n) is 38.5. The predicted octanol–water partition coefficient (Wildman–Crippen LogP) is 4.95. The van der Waals surface area contributed by atoms with Crippen LogP contribution in [0.4, 0.5) is 34.5 Å². The number of piperidine rings is 3. The monoisotopic (exact) mass is 1570 g/mol. The van der Waals surface area contributed by atoms with Gasteiger partial charge in [0.25, 0.3) is 34.4 Å². The van der Waals surface area contributed by atoms with Crippen molar-refractivity contribution < 1.29 is 49.0 Å². The van der Waals surface area contributed by atoms with Crippen molar-refractivity contribution >= 4 is 52.2 Å². The lowest BCUT2D eigenvalue weighted by atomic mass is 10.0. The first kappa shape index (κ1) is 83.5. The molecule has 6 aromatic heterocycles. The Morgan fingerprint density at radius 1 is 0.439 bits per heavy atom. The molecule has 1 aromatic carbocycles. The van der Waals surface area contributed by atoms with Gasteiger partial charge in [-0.25, -0.2) is 29.8 Å². The second-order valence-corrected chi connectivity index (χ2v) is 29.0. The van der Waals surface area contributed by atoms with Crippen molar-refractivity contribution in [3.8, 4) is 24.0 Å². The number of aromatic nitrogens is 9. The first-order chi connectivity index (χ1) is 55.4. The highest BCUT2D eigenvalue weighted by Crippen LogP contribution is 2.31. The summed E-state index contributed by atoms with van der Waals surface area (Å²) in [5, 5.41) is 53.6. The fraction of sp³-hybridized carbons (Fsp3) is 0.512. The molecule has 6 aliphatic rings. The molecule has 114 heavy (non-hydrogen) atoms. The Morgan fingerprint density at radius 2 is 0.781 bits per heavy atom. The molecule has 6 atom stereocenters. The van der Waals surface area contributed by atoms with Crippen LogP contribution in [-0.4, -0.2) is 259 Å². The number of carbonyl (C=O) groups excluding carboxylic acids is 3. The van der Waals surface area contributed by atoms with E-state index in [1.54, 1.807) is 105 Å². The molecule has 0 saturated carbocycles. The summed E-state index contributed by atoms with van der Waals surface area (Å²) in [6.07, 6.45) is 15.2. The molecule has 5 N–H and O–H groups in total. The Labute approximate surface area is 663 Å². The van der Waals surface area contributed by atoms with Crippen LogP contribution in [0.25, 0.3) is 0 Å². The van der Waals surface area contributed by atoms with Crippen LogP contribution in [-0.2, 0) is 49.3 Å². The number of nitrogens with one attached hydrogen (secondary N) is 5. The smallest absolute Gasteiger partial charge is 0.272 e. The summed E-state index contributed by atoms with van der Waals surface area (Å²) in [5.41, 5.74) is 5.32. The van der Waals surface area contributed by atoms with E-state index in [0.717, 1.165) is 107 Å². The van der Waals surface area contributed by atoms with E-state index < -0.39 is 18.3 Å². The maximum absolute atomic E-state index is 13.3. The molecule has 34 nitrogen and oxygen atoms in total. The van der Waals surface area contributed by atoms with Gasteiger partial charge in [0, 0.05) is 154 Å². The van der Waals surface area contributed by atoms with Crippen molar-refractivity contribution in [3.63, 3.8) is 0 Å². The molecule has 6 fully saturated rings. The van der Waals surface area contributed by atoms with Crippen LogP contribution in [0.3, 0.4) is 0 Å². The maximum Gasteiger partial charge on any atom is 0.272 e. The molecule has 6 aliphatic heterocycles. The number of likely N-dealkylation sites (tertiary alicyclic amines) is 3. The van der Waals surface area contributed by atoms with Crippen LogP contribution < -0.4 is 52.1 Å². The number of ether oxygens (including phenoxy) is 7. The van der Waals surface area contributed by atoms with E-state index in [0.29, 0.717) is 116 Å². The van der Waals surface area contributed by atoms with Crippen molar-refractivity contribution in [1.29, 1.82) is 15.8 Å². The van der Waals surface area contributed by atoms with E-state index in [9.17, 15) is 28.8 Å². The van der Waals surface area contributed by atoms with E-state index in [2.05, 4.69) is 89.3 Å². The van der Waals surface area contributed by atoms with Crippen molar-refractivity contribution in [2.24, 2.45) is 0 Å². The van der Waals surface area contributed by atoms with Gasteiger partial charge in [-0.05, 0) is 113 Å². The molecule has 13 rings (SSSR count). The van der Waals surface area contributed by atoms with Crippen LogP contribution in [0.15, 0.2) is 112 Å². The number of benzene rings is 1. The van der Waals surface area contributed by atoms with Crippen LogP contribution in [0.1, 0.15) is 98.2 Å². The number of hydrogen-bond donors (Lipinski definition) is 5. The lowest BCUT2D eigenvalue weighted by Crippen LogP contribution is -2.47. The molecular formula is C80H103N21O13. The minimum Gasteiger partial charge on any atom is -0.497 e. The van der Waals surface area contributed by atoms with Crippen LogP contribution in [0, 0.1) is 54.8 Å². The number of carbonyl (C=O) groups is 3. The Kier molecular flexibility index (Phi) is 29.9. The van der Waals surface area contributed by atoms with Crippen molar-refractivity contribution in [2.75, 3.05) is 158 Å². The van der Waals surface area contributed by atoms with Gasteiger partial charge in [-0.3, -0.25) is 28.8 Å². The molecule has 7 aromatic rings. The van der Waals surface area contributed by atoms with Gasteiger partial charge in [-0.1, -0.05) is 12.1 Å². The van der Waals surface area contributed by atoms with Gasteiger partial charge in [0.05, 0.1) is 124 Å². The molecule has 6 saturated heterocycles. The van der Waals surface area contributed by atoms with Gasteiger partial charge in [-0.2, -0.15) is 31.1 Å². The van der Waals surface area contributed by atoms with Gasteiger partial charge < -0.3 is 78.5 Å². The Hall–Kier alpha value is -11.5. The number of aromatic amines is 2. The average Bonchev–Trinajstić information content (AvgIpc) is 1.75. The van der Waals surface area contributed by atoms with Crippen LogP contribution in [0.2, 0.25) is 0 Å². The summed E-state index contributed by atoms with van der Waals surface area (Å²) in [7, 11) is 6.41. The Balaban J connectivity index is 0.000000183. The Bertz CT molecular complexity index is 4480. The normalized spacial score (nSPS) is 18.9. The third-order valence-corrected chi connectivity index (χ3v) is 21.6. The molecule has 0 aliphatic carbocycles. The third kappa shape index (κ3) is 21.6. The SMILES string of the molecule is COC[C@@H](COC1CCN(C2CCN(c3ccc(C#N)cn3)CC2)C1=O)Nc1cnn(Cc2ccc(OC)cc2)c(=O)c1C.COC[C@@H](CO[C@@H]1CCN(C2CCN(c3ccc(C#N)cn3)CC2)C1=O)Nc1cn[nH]c(=O)c1C.COC[C@@H](CO[C@H]1CCN(C2CCN(c3ccc(C#N)cn3)CC2)C1=O)Nc1cn[nH]c(=O)c1C.[2HH]. The molecular weight excluding hydrogens is 1460 g/mol. The van der Waals surface area contributed by atoms with Gasteiger partial charge in [0.2, 0.25) is 0 Å². The van der Waals surface area contributed by atoms with Gasteiger partial charge in [-0.15, -0.1) is 0 Å². The van der Waals surface area contributed by atoms with E-state index in [1.165, 1.54) is 4.68 Å². The fourth-order valence-corrected chi connectivity index (χ4v) is 15.0. The zero-order valence-electron chi connectivity index (χ0n) is 65.6. The van der Waals surface area contributed by atoms with Gasteiger partial charge >= 0.3 is 0 Å². The number of pyridine rings is 3. The number of rotatable bonds is 30. The lowest BCUT2D eigenvalue weighted by molar-refractivity contribution is -0.140. The number of H-pyrrole nitrogens is 2. The van der Waals surface area contributed by atoms with E-state index in [-0.39, 0.29) is 91.9 Å². The predicted molar refractivity (Wildman–Crippen MR) is 425 cm³/mol. The van der Waals surface area contributed by atoms with Crippen LogP contribution in [0.5, 0.6) is 5.75 Å². The number of nitrogens with zero attached hydrogens (tertiary/aromatic N) is 16. The van der Waals surface area contributed by atoms with Crippen molar-refractivity contribution in [3.05, 3.63) is 168 Å². The molecule has 1 unspecified atom stereocenters. The molecule has 34 heteroatoms. The number of methoxy groups -OCH3 is 4. The van der Waals surface area contributed by atoms with E-state index in [1.807, 2.05) is 57.2 Å². The molecule has 0 spiro atoms. The number of anilines is 6. The standard InChI is InChI=1S/C32H39N7O5.2C24H31N7O4.H2/c1-22-28(18-35-39(31(22)40)19-23-4-7-27(43-3)8-5-23)36-25(20-42-2)21-44-29-12-15-38(32(29)41)26-10-13-37(14-11-26)30-9-6-24(16-33)17-34-30;2*1-16-20(13-27-29-23(16)32)28-18(14-34-2)15-35-21-7-10-31(24(21)33)19-5-8-30(9-6-19)22-4-3-17(11-25)12-26-22;/h4-9,17-18,25-26,29,36H,10-15,19-21H2,1-3H3;2*3-4,12-13,18-19,21H,5-10,14-15H2,1-2H3,(H2,28,29,32);1H/t25-,29?;18-,21+;18-,21-;/m000./s1/i;;;1+1. The summed E-state index contributed by atoms with van der Waals surface area (Å²) >= 11 is 0. The van der Waals surface area contributed by atoms with Gasteiger partial charge in [0.15, 0.2) is 0 Å². The van der Waals surface area contributed by atoms with Crippen molar-refractivity contribution in [1.82, 2.24) is 59.8 Å². The molecule has 0 radical (unpaired) electrons. The third-order valence-electron chi connectivity index (χ3n) is 21.6. The fourth-order valence-electron chi connectivity index (χ4n) is 15.0. The summed E-state index contributed by atoms with van der Waals surface area (Å²) in [6.45, 7) is 14.2. The van der Waals surface area contributed by atoms with E-state index in [4.69, 9.17) is 48.9 Å². The average molecular weight is 1570 g/mol. The Morgan fingerprint density at radius 3 is 1.09 bits per heavy atom. The number of amides is 3. The summed E-state index contributed by atoms with van der Waals surface area (Å²) in [4.78, 5) is 102. The second kappa shape index (κ2) is 40.8. The minimum absolute atomic E-state index is 0. The second-order valence-electron chi connectivity index (χ2n) is 29.0. The largest absolute Gasteiger partial charge is 0.497 e.